The fraction of sp³-hybridized carbons (Fsp3) is 0.278. The molecule has 0 N–H and O–H groups in total. The predicted octanol–water partition coefficient (Wildman–Crippen LogP) is 3.47. The predicted molar refractivity (Wildman–Crippen MR) is 95.2 cm³/mol. The van der Waals surface area contributed by atoms with E-state index in [-0.39, 0.29) is 12.1 Å². The minimum Gasteiger partial charge on any atom is -0.464 e. The van der Waals surface area contributed by atoms with Gasteiger partial charge in [0.1, 0.15) is 11.2 Å². The summed E-state index contributed by atoms with van der Waals surface area (Å²) in [5, 5.41) is 0. The van der Waals surface area contributed by atoms with Gasteiger partial charge in [-0.05, 0) is 18.1 Å². The van der Waals surface area contributed by atoms with Crippen LogP contribution >= 0.6 is 11.3 Å². The molecule has 6 heteroatoms. The molecule has 24 heavy (non-hydrogen) atoms. The molecular formula is C18H18N2O3S. The minimum absolute atomic E-state index is 0.107. The maximum Gasteiger partial charge on any atom is 0.326 e. The molecule has 1 aromatic carbocycles. The number of hydrogen-bond donors (Lipinski definition) is 0. The highest BCUT2D eigenvalue weighted by molar-refractivity contribution is 7.22. The number of fused-ring (bicyclic) bond motifs is 1. The third kappa shape index (κ3) is 3.54. The Morgan fingerprint density at radius 3 is 2.83 bits per heavy atom. The molecule has 3 rings (SSSR count). The van der Waals surface area contributed by atoms with Crippen LogP contribution in [0.1, 0.15) is 19.8 Å². The highest BCUT2D eigenvalue weighted by Crippen LogP contribution is 2.30. The molecule has 2 heterocycles. The highest BCUT2D eigenvalue weighted by Gasteiger charge is 2.12. The molecule has 0 atom stereocenters. The topological polar surface area (TPSA) is 61.2 Å². The summed E-state index contributed by atoms with van der Waals surface area (Å²) in [6.07, 6.45) is 3.19. The van der Waals surface area contributed by atoms with Crippen molar-refractivity contribution >= 4 is 27.5 Å². The third-order valence-electron chi connectivity index (χ3n) is 3.62. The lowest BCUT2D eigenvalue weighted by Crippen LogP contribution is -2.25. The van der Waals surface area contributed by atoms with Crippen LogP contribution in [0.2, 0.25) is 0 Å². The molecule has 0 aliphatic heterocycles. The van der Waals surface area contributed by atoms with Crippen LogP contribution in [0, 0.1) is 0 Å². The van der Waals surface area contributed by atoms with Crippen LogP contribution in [0.25, 0.3) is 20.7 Å². The number of unbranched alkanes of at least 4 members (excludes halogenated alkanes) is 1. The molecule has 0 saturated carbocycles. The number of nitrogens with zero attached hydrogens (tertiary/aromatic N) is 2. The standard InChI is InChI=1S/C18H18N2O3S/c1-2-3-9-23-16(21)11-20-12-19-14-10-15(24-17(14)18(20)22)13-7-5-4-6-8-13/h4-8,10,12H,2-3,9,11H2,1H3. The first-order chi connectivity index (χ1) is 11.7. The smallest absolute Gasteiger partial charge is 0.326 e. The van der Waals surface area contributed by atoms with Crippen molar-refractivity contribution in [1.82, 2.24) is 9.55 Å². The van der Waals surface area contributed by atoms with Gasteiger partial charge in [0, 0.05) is 4.88 Å². The SMILES string of the molecule is CCCCOC(=O)Cn1cnc2cc(-c3ccccc3)sc2c1=O. The van der Waals surface area contributed by atoms with E-state index in [9.17, 15) is 9.59 Å². The first-order valence-corrected chi connectivity index (χ1v) is 8.70. The van der Waals surface area contributed by atoms with E-state index in [1.54, 1.807) is 0 Å². The average molecular weight is 342 g/mol. The molecule has 5 nitrogen and oxygen atoms in total. The van der Waals surface area contributed by atoms with Gasteiger partial charge in [0.05, 0.1) is 18.5 Å². The van der Waals surface area contributed by atoms with Crippen molar-refractivity contribution in [2.45, 2.75) is 26.3 Å². The second-order valence-electron chi connectivity index (χ2n) is 5.44. The van der Waals surface area contributed by atoms with Gasteiger partial charge in [-0.25, -0.2) is 4.98 Å². The second kappa shape index (κ2) is 7.40. The van der Waals surface area contributed by atoms with E-state index < -0.39 is 5.97 Å². The van der Waals surface area contributed by atoms with Crippen LogP contribution in [0.3, 0.4) is 0 Å². The van der Waals surface area contributed by atoms with Crippen molar-refractivity contribution in [2.75, 3.05) is 6.61 Å². The fourth-order valence-corrected chi connectivity index (χ4v) is 3.38. The molecule has 0 unspecified atom stereocenters. The maximum atomic E-state index is 12.6. The Kier molecular flexibility index (Phi) is 5.05. The molecule has 124 valence electrons. The Morgan fingerprint density at radius 2 is 2.08 bits per heavy atom. The van der Waals surface area contributed by atoms with E-state index in [1.807, 2.05) is 43.3 Å². The fourth-order valence-electron chi connectivity index (χ4n) is 2.32. The first-order valence-electron chi connectivity index (χ1n) is 7.89. The minimum atomic E-state index is -0.411. The Hall–Kier alpha value is -2.47. The van der Waals surface area contributed by atoms with E-state index in [1.165, 1.54) is 22.2 Å². The summed E-state index contributed by atoms with van der Waals surface area (Å²) in [6, 6.07) is 11.8. The number of thiophene rings is 1. The third-order valence-corrected chi connectivity index (χ3v) is 4.78. The molecule has 0 spiro atoms. The molecule has 0 aliphatic rings. The van der Waals surface area contributed by atoms with Gasteiger partial charge in [-0.3, -0.25) is 14.2 Å². The summed E-state index contributed by atoms with van der Waals surface area (Å²) in [7, 11) is 0. The van der Waals surface area contributed by atoms with Gasteiger partial charge in [0.25, 0.3) is 5.56 Å². The van der Waals surface area contributed by atoms with E-state index >= 15 is 0 Å². The van der Waals surface area contributed by atoms with Crippen molar-refractivity contribution in [1.29, 1.82) is 0 Å². The van der Waals surface area contributed by atoms with Crippen molar-refractivity contribution in [3.8, 4) is 10.4 Å². The van der Waals surface area contributed by atoms with Crippen LogP contribution in [0.15, 0.2) is 47.5 Å². The molecule has 2 aromatic heterocycles. The summed E-state index contributed by atoms with van der Waals surface area (Å²) in [5.41, 5.74) is 1.49. The monoisotopic (exact) mass is 342 g/mol. The van der Waals surface area contributed by atoms with Crippen LogP contribution in [-0.4, -0.2) is 22.1 Å². The maximum absolute atomic E-state index is 12.6. The van der Waals surface area contributed by atoms with Crippen LogP contribution in [-0.2, 0) is 16.1 Å². The lowest BCUT2D eigenvalue weighted by Gasteiger charge is -2.05. The zero-order valence-electron chi connectivity index (χ0n) is 13.4. The second-order valence-corrected chi connectivity index (χ2v) is 6.49. The number of aromatic nitrogens is 2. The van der Waals surface area contributed by atoms with Crippen LogP contribution in [0.4, 0.5) is 0 Å². The van der Waals surface area contributed by atoms with Crippen molar-refractivity contribution in [3.63, 3.8) is 0 Å². The number of carbonyl (C=O) groups excluding carboxylic acids is 1. The normalized spacial score (nSPS) is 10.9. The van der Waals surface area contributed by atoms with Gasteiger partial charge in [-0.15, -0.1) is 11.3 Å². The van der Waals surface area contributed by atoms with Crippen LogP contribution in [0.5, 0.6) is 0 Å². The number of hydrogen-bond acceptors (Lipinski definition) is 5. The molecule has 0 bridgehead atoms. The summed E-state index contributed by atoms with van der Waals surface area (Å²) < 4.78 is 6.97. The van der Waals surface area contributed by atoms with E-state index in [2.05, 4.69) is 4.98 Å². The molecule has 0 aliphatic carbocycles. The average Bonchev–Trinajstić information content (AvgIpc) is 3.04. The summed E-state index contributed by atoms with van der Waals surface area (Å²) in [5.74, 6) is -0.411. The molecule has 0 fully saturated rings. The molecule has 0 amide bonds. The Morgan fingerprint density at radius 1 is 1.29 bits per heavy atom. The number of benzene rings is 1. The van der Waals surface area contributed by atoms with E-state index in [4.69, 9.17) is 4.74 Å². The lowest BCUT2D eigenvalue weighted by atomic mass is 10.2. The van der Waals surface area contributed by atoms with Gasteiger partial charge >= 0.3 is 5.97 Å². The summed E-state index contributed by atoms with van der Waals surface area (Å²) in [6.45, 7) is 2.30. The Balaban J connectivity index is 1.85. The lowest BCUT2D eigenvalue weighted by molar-refractivity contribution is -0.144. The van der Waals surface area contributed by atoms with Crippen molar-refractivity contribution in [3.05, 3.63) is 53.1 Å². The van der Waals surface area contributed by atoms with Gasteiger partial charge < -0.3 is 4.74 Å². The Labute approximate surface area is 143 Å². The zero-order valence-corrected chi connectivity index (χ0v) is 14.2. The molecule has 0 saturated heterocycles. The van der Waals surface area contributed by atoms with Gasteiger partial charge in [-0.2, -0.15) is 0 Å². The first kappa shape index (κ1) is 16.4. The molecule has 3 aromatic rings. The van der Waals surface area contributed by atoms with Crippen LogP contribution < -0.4 is 5.56 Å². The van der Waals surface area contributed by atoms with Crippen molar-refractivity contribution < 1.29 is 9.53 Å². The summed E-state index contributed by atoms with van der Waals surface area (Å²) in [4.78, 5) is 29.6. The van der Waals surface area contributed by atoms with E-state index in [0.29, 0.717) is 16.8 Å². The number of ether oxygens (including phenoxy) is 1. The number of carbonyl (C=O) groups is 1. The molecule has 0 radical (unpaired) electrons. The highest BCUT2D eigenvalue weighted by atomic mass is 32.1. The van der Waals surface area contributed by atoms with Gasteiger partial charge in [0.2, 0.25) is 0 Å². The zero-order chi connectivity index (χ0) is 16.9. The van der Waals surface area contributed by atoms with Crippen molar-refractivity contribution in [2.24, 2.45) is 0 Å². The van der Waals surface area contributed by atoms with Gasteiger partial charge in [-0.1, -0.05) is 43.7 Å². The molecular weight excluding hydrogens is 324 g/mol. The summed E-state index contributed by atoms with van der Waals surface area (Å²) >= 11 is 1.39. The largest absolute Gasteiger partial charge is 0.464 e. The Bertz CT molecular complexity index is 900. The number of esters is 1. The van der Waals surface area contributed by atoms with E-state index in [0.717, 1.165) is 23.3 Å². The quantitative estimate of drug-likeness (QED) is 0.508. The van der Waals surface area contributed by atoms with Gasteiger partial charge in [0.15, 0.2) is 0 Å². The number of rotatable bonds is 6.